The zero-order chi connectivity index (χ0) is 19.0. The number of carbonyl (C=O) groups excluding carboxylic acids is 1. The van der Waals surface area contributed by atoms with Crippen LogP contribution < -0.4 is 0 Å². The molecule has 132 valence electrons. The Morgan fingerprint density at radius 3 is 2.19 bits per heavy atom. The van der Waals surface area contributed by atoms with Crippen LogP contribution in [0.5, 0.6) is 0 Å². The first-order valence-electron chi connectivity index (χ1n) is 9.02. The van der Waals surface area contributed by atoms with Crippen LogP contribution in [0.1, 0.15) is 52.5 Å². The summed E-state index contributed by atoms with van der Waals surface area (Å²) >= 11 is 0. The fraction of sp³-hybridized carbons (Fsp3) is 0.167. The largest absolute Gasteiger partial charge is 0.318 e. The van der Waals surface area contributed by atoms with Crippen molar-refractivity contribution in [3.8, 4) is 6.07 Å². The quantitative estimate of drug-likeness (QED) is 0.663. The fourth-order valence-electron chi connectivity index (χ4n) is 3.97. The average Bonchev–Trinajstić information content (AvgIpc) is 3.02. The Morgan fingerprint density at radius 2 is 1.56 bits per heavy atom. The van der Waals surface area contributed by atoms with Crippen molar-refractivity contribution in [1.29, 1.82) is 5.26 Å². The molecule has 4 rings (SSSR count). The molecule has 0 fully saturated rings. The summed E-state index contributed by atoms with van der Waals surface area (Å²) in [4.78, 5) is 15.4. The highest BCUT2D eigenvalue weighted by Gasteiger charge is 2.45. The van der Waals surface area contributed by atoms with Crippen LogP contribution in [0.3, 0.4) is 0 Å². The third kappa shape index (κ3) is 2.71. The predicted octanol–water partition coefficient (Wildman–Crippen LogP) is 5.04. The number of hydrogen-bond donors (Lipinski definition) is 0. The van der Waals surface area contributed by atoms with Gasteiger partial charge < -0.3 is 4.90 Å². The van der Waals surface area contributed by atoms with E-state index in [0.29, 0.717) is 11.1 Å². The number of nitriles is 1. The van der Waals surface area contributed by atoms with Gasteiger partial charge in [0, 0.05) is 5.56 Å². The second-order valence-corrected chi connectivity index (χ2v) is 7.33. The van der Waals surface area contributed by atoms with Crippen LogP contribution >= 0.6 is 0 Å². The summed E-state index contributed by atoms with van der Waals surface area (Å²) < 4.78 is 0. The molecule has 1 aliphatic heterocycles. The zero-order valence-electron chi connectivity index (χ0n) is 15.4. The van der Waals surface area contributed by atoms with Gasteiger partial charge in [0.15, 0.2) is 0 Å². The van der Waals surface area contributed by atoms with Crippen molar-refractivity contribution in [3.05, 3.63) is 107 Å². The van der Waals surface area contributed by atoms with Gasteiger partial charge in [0.25, 0.3) is 5.91 Å². The maximum Gasteiger partial charge on any atom is 0.255 e. The Morgan fingerprint density at radius 1 is 0.926 bits per heavy atom. The Balaban J connectivity index is 1.93. The molecule has 0 aliphatic carbocycles. The Labute approximate surface area is 159 Å². The molecule has 27 heavy (non-hydrogen) atoms. The van der Waals surface area contributed by atoms with E-state index in [-0.39, 0.29) is 11.9 Å². The normalized spacial score (nSPS) is 16.1. The van der Waals surface area contributed by atoms with Gasteiger partial charge in [0.05, 0.1) is 23.2 Å². The van der Waals surface area contributed by atoms with Crippen LogP contribution in [-0.2, 0) is 5.54 Å². The monoisotopic (exact) mass is 352 g/mol. The summed E-state index contributed by atoms with van der Waals surface area (Å²) in [6, 6.07) is 27.4. The molecular formula is C24H20N2O. The standard InChI is InChI=1S/C24H20N2O/c1-24(2,19-11-7-4-8-12-19)26-22(18-9-5-3-6-10-18)21-15-17(16-25)13-14-20(21)23(26)27/h3-15,22H,1-2H3. The van der Waals surface area contributed by atoms with E-state index in [1.807, 2.05) is 59.5 Å². The Hall–Kier alpha value is -3.38. The lowest BCUT2D eigenvalue weighted by Gasteiger charge is -2.41. The summed E-state index contributed by atoms with van der Waals surface area (Å²) in [7, 11) is 0. The zero-order valence-corrected chi connectivity index (χ0v) is 15.4. The number of hydrogen-bond acceptors (Lipinski definition) is 2. The lowest BCUT2D eigenvalue weighted by Crippen LogP contribution is -2.44. The second-order valence-electron chi connectivity index (χ2n) is 7.33. The van der Waals surface area contributed by atoms with Crippen LogP contribution in [0.2, 0.25) is 0 Å². The van der Waals surface area contributed by atoms with Crippen molar-refractivity contribution < 1.29 is 4.79 Å². The van der Waals surface area contributed by atoms with Crippen LogP contribution in [0.15, 0.2) is 78.9 Å². The number of fused-ring (bicyclic) bond motifs is 1. The van der Waals surface area contributed by atoms with E-state index >= 15 is 0 Å². The van der Waals surface area contributed by atoms with Crippen molar-refractivity contribution in [2.24, 2.45) is 0 Å². The molecule has 3 nitrogen and oxygen atoms in total. The third-order valence-corrected chi connectivity index (χ3v) is 5.38. The average molecular weight is 352 g/mol. The minimum absolute atomic E-state index is 0.00260. The molecule has 0 aromatic heterocycles. The first kappa shape index (κ1) is 17.1. The van der Waals surface area contributed by atoms with E-state index in [9.17, 15) is 10.1 Å². The molecule has 1 atom stereocenters. The van der Waals surface area contributed by atoms with Gasteiger partial charge in [-0.05, 0) is 48.7 Å². The SMILES string of the molecule is CC(C)(c1ccccc1)N1C(=O)c2ccc(C#N)cc2C1c1ccccc1. The highest BCUT2D eigenvalue weighted by molar-refractivity contribution is 6.00. The third-order valence-electron chi connectivity index (χ3n) is 5.38. The van der Waals surface area contributed by atoms with Crippen molar-refractivity contribution in [1.82, 2.24) is 4.90 Å². The topological polar surface area (TPSA) is 44.1 Å². The van der Waals surface area contributed by atoms with Crippen molar-refractivity contribution in [2.75, 3.05) is 0 Å². The molecule has 0 spiro atoms. The van der Waals surface area contributed by atoms with Gasteiger partial charge in [0.2, 0.25) is 0 Å². The highest BCUT2D eigenvalue weighted by Crippen LogP contribution is 2.46. The maximum atomic E-state index is 13.4. The molecule has 1 heterocycles. The van der Waals surface area contributed by atoms with Gasteiger partial charge in [-0.2, -0.15) is 5.26 Å². The molecule has 1 unspecified atom stereocenters. The van der Waals surface area contributed by atoms with Gasteiger partial charge in [-0.1, -0.05) is 60.7 Å². The van der Waals surface area contributed by atoms with Crippen molar-refractivity contribution in [2.45, 2.75) is 25.4 Å². The number of rotatable bonds is 3. The van der Waals surface area contributed by atoms with Crippen LogP contribution in [0.4, 0.5) is 0 Å². The van der Waals surface area contributed by atoms with Crippen molar-refractivity contribution >= 4 is 5.91 Å². The summed E-state index contributed by atoms with van der Waals surface area (Å²) in [5.41, 5.74) is 3.75. The summed E-state index contributed by atoms with van der Waals surface area (Å²) in [6.45, 7) is 4.15. The second kappa shape index (κ2) is 6.41. The van der Waals surface area contributed by atoms with Crippen molar-refractivity contribution in [3.63, 3.8) is 0 Å². The molecule has 3 heteroatoms. The molecule has 1 aliphatic rings. The van der Waals surface area contributed by atoms with E-state index < -0.39 is 5.54 Å². The van der Waals surface area contributed by atoms with Gasteiger partial charge in [-0.3, -0.25) is 4.79 Å². The number of carbonyl (C=O) groups is 1. The summed E-state index contributed by atoms with van der Waals surface area (Å²) in [6.07, 6.45) is 0. The van der Waals surface area contributed by atoms with Gasteiger partial charge in [0.1, 0.15) is 0 Å². The van der Waals surface area contributed by atoms with E-state index in [0.717, 1.165) is 16.7 Å². The van der Waals surface area contributed by atoms with E-state index in [1.54, 1.807) is 12.1 Å². The lowest BCUT2D eigenvalue weighted by atomic mass is 9.89. The maximum absolute atomic E-state index is 13.4. The van der Waals surface area contributed by atoms with Gasteiger partial charge in [-0.15, -0.1) is 0 Å². The molecule has 1 amide bonds. The van der Waals surface area contributed by atoms with E-state index in [4.69, 9.17) is 0 Å². The number of nitrogens with zero attached hydrogens (tertiary/aromatic N) is 2. The molecule has 3 aromatic rings. The molecule has 0 radical (unpaired) electrons. The molecule has 0 saturated carbocycles. The smallest absolute Gasteiger partial charge is 0.255 e. The number of amides is 1. The first-order chi connectivity index (χ1) is 13.0. The first-order valence-corrected chi connectivity index (χ1v) is 9.02. The van der Waals surface area contributed by atoms with Gasteiger partial charge >= 0.3 is 0 Å². The predicted molar refractivity (Wildman–Crippen MR) is 105 cm³/mol. The fourth-order valence-corrected chi connectivity index (χ4v) is 3.97. The minimum atomic E-state index is -0.509. The van der Waals surface area contributed by atoms with E-state index in [1.165, 1.54) is 0 Å². The minimum Gasteiger partial charge on any atom is -0.318 e. The van der Waals surface area contributed by atoms with Crippen LogP contribution in [-0.4, -0.2) is 10.8 Å². The Bertz CT molecular complexity index is 1030. The number of benzene rings is 3. The van der Waals surface area contributed by atoms with Crippen LogP contribution in [0, 0.1) is 11.3 Å². The molecule has 0 saturated heterocycles. The lowest BCUT2D eigenvalue weighted by molar-refractivity contribution is 0.0503. The summed E-state index contributed by atoms with van der Waals surface area (Å²) in [5, 5.41) is 9.35. The summed E-state index contributed by atoms with van der Waals surface area (Å²) in [5.74, 6) is -0.00260. The van der Waals surface area contributed by atoms with E-state index in [2.05, 4.69) is 32.0 Å². The van der Waals surface area contributed by atoms with Crippen LogP contribution in [0.25, 0.3) is 0 Å². The molecule has 0 N–H and O–H groups in total. The highest BCUT2D eigenvalue weighted by atomic mass is 16.2. The molecular weight excluding hydrogens is 332 g/mol. The van der Waals surface area contributed by atoms with Gasteiger partial charge in [-0.25, -0.2) is 0 Å². The Kier molecular flexibility index (Phi) is 4.05. The molecule has 0 bridgehead atoms. The molecule has 3 aromatic carbocycles.